The molecular weight excluding hydrogens is 486 g/mol. The highest BCUT2D eigenvalue weighted by Crippen LogP contribution is 2.42. The van der Waals surface area contributed by atoms with E-state index in [1.807, 2.05) is 0 Å². The van der Waals surface area contributed by atoms with E-state index >= 15 is 0 Å². The van der Waals surface area contributed by atoms with E-state index in [1.54, 1.807) is 44.2 Å². The van der Waals surface area contributed by atoms with Gasteiger partial charge in [-0.15, -0.1) is 0 Å². The summed E-state index contributed by atoms with van der Waals surface area (Å²) in [5.41, 5.74) is 5.95. The van der Waals surface area contributed by atoms with Gasteiger partial charge in [0.2, 0.25) is 0 Å². The van der Waals surface area contributed by atoms with Gasteiger partial charge in [-0.25, -0.2) is 9.59 Å². The number of rotatable bonds is 13. The first kappa shape index (κ1) is 31.1. The second kappa shape index (κ2) is 17.3. The zero-order valence-electron chi connectivity index (χ0n) is 23.9. The van der Waals surface area contributed by atoms with Gasteiger partial charge in [0.05, 0.1) is 11.1 Å². The summed E-state index contributed by atoms with van der Waals surface area (Å²) in [5.74, 6) is 1.29. The summed E-state index contributed by atoms with van der Waals surface area (Å²) in [6.07, 6.45) is 26.8. The third-order valence-electron chi connectivity index (χ3n) is 9.09. The molecule has 0 saturated heterocycles. The van der Waals surface area contributed by atoms with Crippen LogP contribution >= 0.6 is 0 Å². The molecule has 2 aromatic carbocycles. The molecule has 216 valence electrons. The molecule has 2 saturated carbocycles. The minimum absolute atomic E-state index is 0.190. The van der Waals surface area contributed by atoms with E-state index in [4.69, 9.17) is 15.9 Å². The molecule has 0 aliphatic heterocycles. The fourth-order valence-electron chi connectivity index (χ4n) is 6.90. The Hall–Kier alpha value is -2.40. The van der Waals surface area contributed by atoms with Crippen LogP contribution < -0.4 is 5.73 Å². The lowest BCUT2D eigenvalue weighted by molar-refractivity contribution is 0.0686. The number of carbonyl (C=O) groups is 2. The number of carboxylic acid groups (broad SMARTS) is 2. The van der Waals surface area contributed by atoms with Gasteiger partial charge in [-0.1, -0.05) is 115 Å². The number of hydrogen-bond acceptors (Lipinski definition) is 3. The highest BCUT2D eigenvalue weighted by molar-refractivity contribution is 5.97. The second-order valence-corrected chi connectivity index (χ2v) is 11.9. The molecular formula is C34H51NO4. The fraction of sp³-hybridized carbons (Fsp3) is 0.647. The summed E-state index contributed by atoms with van der Waals surface area (Å²) in [5, 5.41) is 19.0. The van der Waals surface area contributed by atoms with Crippen LogP contribution in [-0.2, 0) is 0 Å². The molecule has 2 fully saturated rings. The van der Waals surface area contributed by atoms with Crippen LogP contribution in [0.2, 0.25) is 0 Å². The smallest absolute Gasteiger partial charge is 0.335 e. The normalized spacial score (nSPS) is 16.7. The molecule has 39 heavy (non-hydrogen) atoms. The predicted molar refractivity (Wildman–Crippen MR) is 160 cm³/mol. The Morgan fingerprint density at radius 3 is 1.46 bits per heavy atom. The lowest BCUT2D eigenvalue weighted by Gasteiger charge is -2.38. The summed E-state index contributed by atoms with van der Waals surface area (Å²) in [7, 11) is 0. The molecule has 0 radical (unpaired) electrons. The molecule has 5 nitrogen and oxygen atoms in total. The van der Waals surface area contributed by atoms with Crippen molar-refractivity contribution in [1.82, 2.24) is 0 Å². The average Bonchev–Trinajstić information content (AvgIpc) is 2.97. The third kappa shape index (κ3) is 10.6. The maximum Gasteiger partial charge on any atom is 0.335 e. The van der Waals surface area contributed by atoms with E-state index in [2.05, 4.69) is 0 Å². The fourth-order valence-corrected chi connectivity index (χ4v) is 6.90. The largest absolute Gasteiger partial charge is 0.478 e. The van der Waals surface area contributed by atoms with Crippen LogP contribution in [-0.4, -0.2) is 28.7 Å². The molecule has 2 aliphatic carbocycles. The van der Waals surface area contributed by atoms with Gasteiger partial charge in [0.15, 0.2) is 0 Å². The van der Waals surface area contributed by atoms with Crippen LogP contribution in [0.3, 0.4) is 0 Å². The maximum absolute atomic E-state index is 10.7. The van der Waals surface area contributed by atoms with Gasteiger partial charge in [-0.05, 0) is 72.2 Å². The summed E-state index contributed by atoms with van der Waals surface area (Å²) in [6.45, 7) is 0.879. The highest BCUT2D eigenvalue weighted by Gasteiger charge is 2.30. The van der Waals surface area contributed by atoms with Gasteiger partial charge in [-0.2, -0.15) is 0 Å². The van der Waals surface area contributed by atoms with E-state index < -0.39 is 11.9 Å². The SMILES string of the molecule is NCCCCCCCCCC(C1CCCCC1)C1CCCCC1.O=C(O)c1ccc2cc(C(=O)O)ccc2c1. The monoisotopic (exact) mass is 537 g/mol. The molecule has 0 aromatic heterocycles. The quantitative estimate of drug-likeness (QED) is 0.221. The van der Waals surface area contributed by atoms with Crippen LogP contribution in [0.1, 0.15) is 136 Å². The number of benzene rings is 2. The van der Waals surface area contributed by atoms with Gasteiger partial charge in [0.1, 0.15) is 0 Å². The summed E-state index contributed by atoms with van der Waals surface area (Å²) in [6, 6.07) is 9.15. The summed E-state index contributed by atoms with van der Waals surface area (Å²) < 4.78 is 0. The summed E-state index contributed by atoms with van der Waals surface area (Å²) in [4.78, 5) is 21.5. The Morgan fingerprint density at radius 1 is 0.641 bits per heavy atom. The Kier molecular flexibility index (Phi) is 13.8. The first-order valence-electron chi connectivity index (χ1n) is 15.7. The van der Waals surface area contributed by atoms with E-state index in [0.717, 1.165) is 24.3 Å². The molecule has 0 spiro atoms. The topological polar surface area (TPSA) is 101 Å². The molecule has 0 atom stereocenters. The molecule has 0 heterocycles. The Balaban J connectivity index is 0.000000230. The van der Waals surface area contributed by atoms with Crippen molar-refractivity contribution in [2.75, 3.05) is 6.54 Å². The van der Waals surface area contributed by atoms with Crippen molar-refractivity contribution < 1.29 is 19.8 Å². The molecule has 4 rings (SSSR count). The van der Waals surface area contributed by atoms with Crippen LogP contribution in [0.25, 0.3) is 10.8 Å². The zero-order chi connectivity index (χ0) is 27.9. The van der Waals surface area contributed by atoms with Crippen LogP contribution in [0, 0.1) is 17.8 Å². The lowest BCUT2D eigenvalue weighted by atomic mass is 9.68. The van der Waals surface area contributed by atoms with Gasteiger partial charge < -0.3 is 15.9 Å². The maximum atomic E-state index is 10.7. The van der Waals surface area contributed by atoms with Gasteiger partial charge in [-0.3, -0.25) is 0 Å². The predicted octanol–water partition coefficient (Wildman–Crippen LogP) is 9.08. The number of unbranched alkanes of at least 4 members (excludes halogenated alkanes) is 6. The van der Waals surface area contributed by atoms with Crippen molar-refractivity contribution in [3.63, 3.8) is 0 Å². The molecule has 0 amide bonds. The van der Waals surface area contributed by atoms with Crippen molar-refractivity contribution in [1.29, 1.82) is 0 Å². The van der Waals surface area contributed by atoms with Crippen LogP contribution in [0.4, 0.5) is 0 Å². The van der Waals surface area contributed by atoms with Crippen molar-refractivity contribution in [3.8, 4) is 0 Å². The van der Waals surface area contributed by atoms with Gasteiger partial charge >= 0.3 is 11.9 Å². The van der Waals surface area contributed by atoms with E-state index in [1.165, 1.54) is 108 Å². The Labute approximate surface area is 235 Å². The number of fused-ring (bicyclic) bond motifs is 1. The highest BCUT2D eigenvalue weighted by atomic mass is 16.4. The van der Waals surface area contributed by atoms with Crippen molar-refractivity contribution >= 4 is 22.7 Å². The van der Waals surface area contributed by atoms with Crippen molar-refractivity contribution in [2.24, 2.45) is 23.5 Å². The minimum Gasteiger partial charge on any atom is -0.478 e. The molecule has 0 bridgehead atoms. The van der Waals surface area contributed by atoms with E-state index in [0.29, 0.717) is 10.8 Å². The van der Waals surface area contributed by atoms with E-state index in [9.17, 15) is 9.59 Å². The molecule has 5 heteroatoms. The minimum atomic E-state index is -0.996. The Bertz CT molecular complexity index is 936. The first-order chi connectivity index (χ1) is 19.0. The number of hydrogen-bond donors (Lipinski definition) is 3. The first-order valence-corrected chi connectivity index (χ1v) is 15.7. The number of carboxylic acids is 2. The van der Waals surface area contributed by atoms with Crippen LogP contribution in [0.5, 0.6) is 0 Å². The standard InChI is InChI=1S/C22H43N.C12H8O4/c23-19-13-5-3-1-2-4-12-18-22(20-14-8-6-9-15-20)21-16-10-7-11-17-21;13-11(14)9-3-1-7-5-10(12(15)16)4-2-8(7)6-9/h20-22H,1-19,23H2;1-6H,(H,13,14)(H,15,16). The number of nitrogens with two attached hydrogens (primary N) is 1. The summed E-state index contributed by atoms with van der Waals surface area (Å²) >= 11 is 0. The average molecular weight is 538 g/mol. The van der Waals surface area contributed by atoms with Crippen molar-refractivity contribution in [2.45, 2.75) is 116 Å². The molecule has 2 aromatic rings. The third-order valence-corrected chi connectivity index (χ3v) is 9.09. The molecule has 2 aliphatic rings. The van der Waals surface area contributed by atoms with Gasteiger partial charge in [0, 0.05) is 0 Å². The second-order valence-electron chi connectivity index (χ2n) is 11.9. The van der Waals surface area contributed by atoms with Crippen molar-refractivity contribution in [3.05, 3.63) is 47.5 Å². The zero-order valence-corrected chi connectivity index (χ0v) is 23.9. The van der Waals surface area contributed by atoms with E-state index in [-0.39, 0.29) is 11.1 Å². The number of aromatic carboxylic acids is 2. The lowest BCUT2D eigenvalue weighted by Crippen LogP contribution is -2.27. The van der Waals surface area contributed by atoms with Gasteiger partial charge in [0.25, 0.3) is 0 Å². The molecule has 4 N–H and O–H groups in total. The van der Waals surface area contributed by atoms with Crippen LogP contribution in [0.15, 0.2) is 36.4 Å². The molecule has 0 unspecified atom stereocenters. The Morgan fingerprint density at radius 2 is 1.05 bits per heavy atom.